The van der Waals surface area contributed by atoms with E-state index < -0.39 is 10.2 Å². The molecule has 1 heterocycles. The topological polar surface area (TPSA) is 98.8 Å². The van der Waals surface area contributed by atoms with Gasteiger partial charge in [0.25, 0.3) is 16.1 Å². The summed E-state index contributed by atoms with van der Waals surface area (Å²) in [5, 5.41) is 5.71. The summed E-state index contributed by atoms with van der Waals surface area (Å²) in [5.74, 6) is -0.684. The zero-order chi connectivity index (χ0) is 20.7. The van der Waals surface area contributed by atoms with Crippen LogP contribution in [0.3, 0.4) is 0 Å². The molecule has 2 amide bonds. The van der Waals surface area contributed by atoms with Crippen LogP contribution in [0.2, 0.25) is 0 Å². The fourth-order valence-electron chi connectivity index (χ4n) is 3.08. The minimum absolute atomic E-state index is 0.185. The average Bonchev–Trinajstić information content (AvgIpc) is 2.68. The molecule has 0 aliphatic carbocycles. The van der Waals surface area contributed by atoms with E-state index in [-0.39, 0.29) is 17.7 Å². The van der Waals surface area contributed by atoms with E-state index in [1.165, 1.54) is 22.7 Å². The van der Waals surface area contributed by atoms with Crippen LogP contribution in [0, 0.1) is 5.92 Å². The van der Waals surface area contributed by atoms with Gasteiger partial charge in [-0.1, -0.05) is 25.5 Å². The molecule has 0 aromatic heterocycles. The summed E-state index contributed by atoms with van der Waals surface area (Å²) in [5.41, 5.74) is 0.907. The van der Waals surface area contributed by atoms with E-state index in [0.717, 1.165) is 12.8 Å². The summed E-state index contributed by atoms with van der Waals surface area (Å²) in [6.45, 7) is 3.25. The molecule has 0 saturated carbocycles. The molecule has 0 bridgehead atoms. The third-order valence-electron chi connectivity index (χ3n) is 4.86. The number of amides is 2. The Labute approximate surface area is 167 Å². The molecule has 28 heavy (non-hydrogen) atoms. The molecule has 0 atom stereocenters. The molecule has 0 radical (unpaired) electrons. The van der Waals surface area contributed by atoms with Gasteiger partial charge in [0.15, 0.2) is 0 Å². The highest BCUT2D eigenvalue weighted by molar-refractivity contribution is 7.86. The smallest absolute Gasteiger partial charge is 0.281 e. The molecule has 0 spiro atoms. The zero-order valence-electron chi connectivity index (χ0n) is 16.8. The largest absolute Gasteiger partial charge is 0.352 e. The molecule has 1 aromatic carbocycles. The van der Waals surface area contributed by atoms with Crippen molar-refractivity contribution in [3.05, 3.63) is 29.8 Å². The average molecular weight is 411 g/mol. The number of carbonyl (C=O) groups excluding carboxylic acids is 2. The maximum absolute atomic E-state index is 12.7. The number of rotatable bonds is 8. The Morgan fingerprint density at radius 1 is 1.18 bits per heavy atom. The molecule has 9 heteroatoms. The quantitative estimate of drug-likeness (QED) is 0.637. The van der Waals surface area contributed by atoms with Gasteiger partial charge in [-0.05, 0) is 31.4 Å². The summed E-state index contributed by atoms with van der Waals surface area (Å²) < 4.78 is 27.0. The molecule has 8 nitrogen and oxygen atoms in total. The van der Waals surface area contributed by atoms with Crippen molar-refractivity contribution in [2.45, 2.75) is 32.6 Å². The predicted octanol–water partition coefficient (Wildman–Crippen LogP) is 1.67. The summed E-state index contributed by atoms with van der Waals surface area (Å²) in [4.78, 5) is 25.0. The second-order valence-corrected chi connectivity index (χ2v) is 9.25. The van der Waals surface area contributed by atoms with Crippen LogP contribution < -0.4 is 10.6 Å². The highest BCUT2D eigenvalue weighted by Gasteiger charge is 2.32. The van der Waals surface area contributed by atoms with Crippen LogP contribution in [-0.2, 0) is 15.0 Å². The number of carbonyl (C=O) groups is 2. The number of hydrogen-bond acceptors (Lipinski definition) is 4. The Kier molecular flexibility index (Phi) is 7.97. The fourth-order valence-corrected chi connectivity index (χ4v) is 4.21. The monoisotopic (exact) mass is 410 g/mol. The lowest BCUT2D eigenvalue weighted by atomic mass is 9.97. The first-order chi connectivity index (χ1) is 13.3. The molecule has 156 valence electrons. The molecule has 1 aromatic rings. The van der Waals surface area contributed by atoms with E-state index in [2.05, 4.69) is 17.6 Å². The number of piperidine rings is 1. The van der Waals surface area contributed by atoms with Crippen molar-refractivity contribution in [3.8, 4) is 0 Å². The minimum Gasteiger partial charge on any atom is -0.352 e. The van der Waals surface area contributed by atoms with E-state index >= 15 is 0 Å². The summed E-state index contributed by atoms with van der Waals surface area (Å²) in [6.07, 6.45) is 2.78. The Morgan fingerprint density at radius 3 is 2.43 bits per heavy atom. The highest BCUT2D eigenvalue weighted by atomic mass is 32.2. The summed E-state index contributed by atoms with van der Waals surface area (Å²) in [6, 6.07) is 6.92. The standard InChI is InChI=1S/C19H30N4O4S/c1-4-5-12-20-19(25)16-8-6-7-9-17(16)21-18(24)15-10-13-23(14-11-15)28(26,27)22(2)3/h6-9,15H,4-5,10-14H2,1-3H3,(H,20,25)(H,21,24). The van der Waals surface area contributed by atoms with Crippen molar-refractivity contribution in [2.24, 2.45) is 5.92 Å². The second-order valence-electron chi connectivity index (χ2n) is 7.11. The van der Waals surface area contributed by atoms with Crippen LogP contribution in [-0.4, -0.2) is 62.6 Å². The van der Waals surface area contributed by atoms with Gasteiger partial charge in [-0.2, -0.15) is 17.0 Å². The number of nitrogens with one attached hydrogen (secondary N) is 2. The van der Waals surface area contributed by atoms with Gasteiger partial charge in [-0.3, -0.25) is 9.59 Å². The molecule has 2 rings (SSSR count). The molecule has 0 unspecified atom stereocenters. The lowest BCUT2D eigenvalue weighted by Gasteiger charge is -2.32. The van der Waals surface area contributed by atoms with E-state index in [9.17, 15) is 18.0 Å². The van der Waals surface area contributed by atoms with Crippen LogP contribution in [0.15, 0.2) is 24.3 Å². The third-order valence-corrected chi connectivity index (χ3v) is 6.80. The number of anilines is 1. The maximum atomic E-state index is 12.7. The van der Waals surface area contributed by atoms with Crippen LogP contribution >= 0.6 is 0 Å². The van der Waals surface area contributed by atoms with Gasteiger partial charge in [0.2, 0.25) is 5.91 Å². The van der Waals surface area contributed by atoms with Gasteiger partial charge in [-0.15, -0.1) is 0 Å². The predicted molar refractivity (Wildman–Crippen MR) is 109 cm³/mol. The second kappa shape index (κ2) is 9.99. The molecule has 1 saturated heterocycles. The van der Waals surface area contributed by atoms with Crippen LogP contribution in [0.5, 0.6) is 0 Å². The van der Waals surface area contributed by atoms with Gasteiger partial charge in [0, 0.05) is 39.6 Å². The number of benzene rings is 1. The van der Waals surface area contributed by atoms with Gasteiger partial charge >= 0.3 is 0 Å². The van der Waals surface area contributed by atoms with Crippen molar-refractivity contribution in [3.63, 3.8) is 0 Å². The Bertz CT molecular complexity index is 787. The molecule has 2 N–H and O–H groups in total. The van der Waals surface area contributed by atoms with E-state index in [1.807, 2.05) is 0 Å². The number of hydrogen-bond donors (Lipinski definition) is 2. The Balaban J connectivity index is 1.98. The molecule has 1 aliphatic heterocycles. The first-order valence-corrected chi connectivity index (χ1v) is 11.0. The third kappa shape index (κ3) is 5.52. The lowest BCUT2D eigenvalue weighted by Crippen LogP contribution is -2.46. The molecule has 1 aliphatic rings. The molecular weight excluding hydrogens is 380 g/mol. The minimum atomic E-state index is -3.46. The summed E-state index contributed by atoms with van der Waals surface area (Å²) in [7, 11) is -0.462. The Morgan fingerprint density at radius 2 is 1.82 bits per heavy atom. The summed E-state index contributed by atoms with van der Waals surface area (Å²) >= 11 is 0. The van der Waals surface area contributed by atoms with Crippen molar-refractivity contribution in [1.82, 2.24) is 13.9 Å². The van der Waals surface area contributed by atoms with Crippen molar-refractivity contribution in [1.29, 1.82) is 0 Å². The zero-order valence-corrected chi connectivity index (χ0v) is 17.6. The maximum Gasteiger partial charge on any atom is 0.281 e. The highest BCUT2D eigenvalue weighted by Crippen LogP contribution is 2.23. The fraction of sp³-hybridized carbons (Fsp3) is 0.579. The van der Waals surface area contributed by atoms with E-state index in [1.54, 1.807) is 24.3 Å². The van der Waals surface area contributed by atoms with Gasteiger partial charge in [0.1, 0.15) is 0 Å². The normalized spacial score (nSPS) is 16.1. The van der Waals surface area contributed by atoms with Crippen molar-refractivity contribution >= 4 is 27.7 Å². The van der Waals surface area contributed by atoms with Crippen molar-refractivity contribution in [2.75, 3.05) is 39.0 Å². The van der Waals surface area contributed by atoms with Gasteiger partial charge < -0.3 is 10.6 Å². The molecule has 1 fully saturated rings. The number of nitrogens with zero attached hydrogens (tertiary/aromatic N) is 2. The van der Waals surface area contributed by atoms with Gasteiger partial charge in [0.05, 0.1) is 11.3 Å². The lowest BCUT2D eigenvalue weighted by molar-refractivity contribution is -0.120. The van der Waals surface area contributed by atoms with Crippen LogP contribution in [0.25, 0.3) is 0 Å². The Hall–Kier alpha value is -1.97. The number of unbranched alkanes of at least 4 members (excludes halogenated alkanes) is 1. The van der Waals surface area contributed by atoms with E-state index in [0.29, 0.717) is 43.7 Å². The van der Waals surface area contributed by atoms with Crippen LogP contribution in [0.1, 0.15) is 43.0 Å². The molecular formula is C19H30N4O4S. The van der Waals surface area contributed by atoms with Gasteiger partial charge in [-0.25, -0.2) is 0 Å². The van der Waals surface area contributed by atoms with Crippen molar-refractivity contribution < 1.29 is 18.0 Å². The van der Waals surface area contributed by atoms with E-state index in [4.69, 9.17) is 0 Å². The number of para-hydroxylation sites is 1. The first kappa shape index (κ1) is 22.3. The SMILES string of the molecule is CCCCNC(=O)c1ccccc1NC(=O)C1CCN(S(=O)(=O)N(C)C)CC1. The van der Waals surface area contributed by atoms with Crippen LogP contribution in [0.4, 0.5) is 5.69 Å². The first-order valence-electron chi connectivity index (χ1n) is 9.63.